The van der Waals surface area contributed by atoms with Gasteiger partial charge in [0.2, 0.25) is 11.9 Å². The summed E-state index contributed by atoms with van der Waals surface area (Å²) in [6, 6.07) is 0. The largest absolute Gasteiger partial charge is 0.479 e. The number of aliphatic hydroxyl groups is 1. The molecule has 0 aliphatic carbocycles. The van der Waals surface area contributed by atoms with Crippen LogP contribution in [-0.4, -0.2) is 41.3 Å². The molecule has 0 spiro atoms. The summed E-state index contributed by atoms with van der Waals surface area (Å²) in [6.45, 7) is 7.61. The average Bonchev–Trinajstić information content (AvgIpc) is 2.24. The van der Waals surface area contributed by atoms with E-state index in [1.807, 2.05) is 6.92 Å². The predicted molar refractivity (Wildman–Crippen MR) is 56.9 cm³/mol. The topological polar surface area (TPSA) is 76.0 Å². The van der Waals surface area contributed by atoms with E-state index in [0.717, 1.165) is 5.57 Å². The summed E-state index contributed by atoms with van der Waals surface area (Å²) in [7, 11) is 1.32. The van der Waals surface area contributed by atoms with Crippen LogP contribution in [0.5, 0.6) is 0 Å². The van der Waals surface area contributed by atoms with E-state index < -0.39 is 17.9 Å². The zero-order valence-electron chi connectivity index (χ0n) is 9.77. The number of hydrogen-bond acceptors (Lipinski definition) is 4. The molecular formula is C11H18O5. The van der Waals surface area contributed by atoms with Crippen LogP contribution in [0.25, 0.3) is 0 Å². The van der Waals surface area contributed by atoms with E-state index in [9.17, 15) is 9.90 Å². The molecule has 0 aromatic carbocycles. The van der Waals surface area contributed by atoms with Gasteiger partial charge in [-0.1, -0.05) is 19.1 Å². The van der Waals surface area contributed by atoms with Crippen LogP contribution in [0.1, 0.15) is 20.3 Å². The van der Waals surface area contributed by atoms with Crippen molar-refractivity contribution in [3.8, 4) is 0 Å². The van der Waals surface area contributed by atoms with Crippen molar-refractivity contribution in [2.45, 2.75) is 38.3 Å². The summed E-state index contributed by atoms with van der Waals surface area (Å²) in [5, 5.41) is 18.5. The first-order chi connectivity index (χ1) is 7.34. The minimum atomic E-state index is -1.72. The van der Waals surface area contributed by atoms with Crippen LogP contribution < -0.4 is 0 Å². The van der Waals surface area contributed by atoms with E-state index in [2.05, 4.69) is 6.58 Å². The SMILES string of the molecule is C=C1C[C@](OC)(C(O)C(=O)O)O[C@H](C)[C@@H]1C. The number of carbonyl (C=O) groups is 1. The Labute approximate surface area is 94.7 Å². The average molecular weight is 230 g/mol. The number of carboxylic acids is 1. The van der Waals surface area contributed by atoms with Gasteiger partial charge in [-0.25, -0.2) is 4.79 Å². The Morgan fingerprint density at radius 2 is 2.25 bits per heavy atom. The highest BCUT2D eigenvalue weighted by Gasteiger charge is 2.49. The van der Waals surface area contributed by atoms with Crippen molar-refractivity contribution in [1.29, 1.82) is 0 Å². The van der Waals surface area contributed by atoms with Gasteiger partial charge < -0.3 is 19.7 Å². The highest BCUT2D eigenvalue weighted by molar-refractivity contribution is 5.73. The van der Waals surface area contributed by atoms with Gasteiger partial charge in [0.25, 0.3) is 0 Å². The fraction of sp³-hybridized carbons (Fsp3) is 0.727. The van der Waals surface area contributed by atoms with Crippen molar-refractivity contribution in [3.05, 3.63) is 12.2 Å². The molecule has 5 heteroatoms. The standard InChI is InChI=1S/C11H18O5/c1-6-5-11(15-4,9(12)10(13)14)16-8(3)7(6)2/h7-9,12H,1,5H2,2-4H3,(H,13,14)/t7-,8-,9?,11-/m1/s1. The Morgan fingerprint density at radius 3 is 2.62 bits per heavy atom. The monoisotopic (exact) mass is 230 g/mol. The second kappa shape index (κ2) is 4.53. The summed E-state index contributed by atoms with van der Waals surface area (Å²) in [5.41, 5.74) is 0.820. The number of aliphatic carboxylic acids is 1. The molecule has 0 bridgehead atoms. The second-order valence-electron chi connectivity index (χ2n) is 4.20. The van der Waals surface area contributed by atoms with E-state index in [1.54, 1.807) is 6.92 Å². The quantitative estimate of drug-likeness (QED) is 0.700. The first-order valence-electron chi connectivity index (χ1n) is 5.15. The van der Waals surface area contributed by atoms with Gasteiger partial charge in [-0.2, -0.15) is 0 Å². The maximum absolute atomic E-state index is 10.8. The first kappa shape index (κ1) is 13.2. The normalized spacial score (nSPS) is 37.1. The van der Waals surface area contributed by atoms with Gasteiger partial charge in [0.1, 0.15) is 0 Å². The summed E-state index contributed by atoms with van der Waals surface area (Å²) >= 11 is 0. The lowest BCUT2D eigenvalue weighted by Gasteiger charge is -2.44. The van der Waals surface area contributed by atoms with Crippen LogP contribution >= 0.6 is 0 Å². The van der Waals surface area contributed by atoms with Crippen LogP contribution in [0.4, 0.5) is 0 Å². The molecule has 92 valence electrons. The molecule has 0 aromatic rings. The minimum Gasteiger partial charge on any atom is -0.479 e. The van der Waals surface area contributed by atoms with Crippen LogP contribution in [0.3, 0.4) is 0 Å². The lowest BCUT2D eigenvalue weighted by atomic mass is 9.86. The third kappa shape index (κ3) is 2.11. The van der Waals surface area contributed by atoms with Crippen LogP contribution in [-0.2, 0) is 14.3 Å². The molecule has 4 atom stereocenters. The lowest BCUT2D eigenvalue weighted by Crippen LogP contribution is -2.56. The van der Waals surface area contributed by atoms with Gasteiger partial charge in [-0.15, -0.1) is 0 Å². The van der Waals surface area contributed by atoms with E-state index in [1.165, 1.54) is 7.11 Å². The summed E-state index contributed by atoms with van der Waals surface area (Å²) in [5.74, 6) is -2.77. The highest BCUT2D eigenvalue weighted by atomic mass is 16.7. The Kier molecular flexibility index (Phi) is 3.72. The molecule has 1 aliphatic rings. The number of ether oxygens (including phenoxy) is 2. The molecule has 16 heavy (non-hydrogen) atoms. The minimum absolute atomic E-state index is 0.115. The number of rotatable bonds is 3. The first-order valence-corrected chi connectivity index (χ1v) is 5.15. The van der Waals surface area contributed by atoms with E-state index >= 15 is 0 Å². The number of hydrogen-bond donors (Lipinski definition) is 2. The Balaban J connectivity index is 2.97. The maximum Gasteiger partial charge on any atom is 0.338 e. The van der Waals surface area contributed by atoms with Crippen LogP contribution in [0, 0.1) is 5.92 Å². The Morgan fingerprint density at radius 1 is 1.69 bits per heavy atom. The maximum atomic E-state index is 10.8. The number of aliphatic hydroxyl groups excluding tert-OH is 1. The van der Waals surface area contributed by atoms with Gasteiger partial charge in [-0.05, 0) is 6.92 Å². The van der Waals surface area contributed by atoms with Gasteiger partial charge >= 0.3 is 5.97 Å². The number of carboxylic acid groups (broad SMARTS) is 1. The van der Waals surface area contributed by atoms with Crippen molar-refractivity contribution in [2.75, 3.05) is 7.11 Å². The van der Waals surface area contributed by atoms with Crippen LogP contribution in [0.15, 0.2) is 12.2 Å². The fourth-order valence-electron chi connectivity index (χ4n) is 1.85. The Hall–Kier alpha value is -0.910. The highest BCUT2D eigenvalue weighted by Crippen LogP contribution is 2.38. The van der Waals surface area contributed by atoms with Crippen molar-refractivity contribution in [1.82, 2.24) is 0 Å². The fourth-order valence-corrected chi connectivity index (χ4v) is 1.85. The molecule has 0 saturated carbocycles. The van der Waals surface area contributed by atoms with Crippen molar-refractivity contribution in [3.63, 3.8) is 0 Å². The molecule has 0 amide bonds. The van der Waals surface area contributed by atoms with E-state index in [0.29, 0.717) is 0 Å². The second-order valence-corrected chi connectivity index (χ2v) is 4.20. The summed E-state index contributed by atoms with van der Waals surface area (Å²) in [6.07, 6.45) is -1.78. The lowest BCUT2D eigenvalue weighted by molar-refractivity contribution is -0.300. The molecule has 1 fully saturated rings. The zero-order chi connectivity index (χ0) is 12.5. The smallest absolute Gasteiger partial charge is 0.338 e. The summed E-state index contributed by atoms with van der Waals surface area (Å²) in [4.78, 5) is 10.8. The summed E-state index contributed by atoms with van der Waals surface area (Å²) < 4.78 is 10.6. The number of methoxy groups -OCH3 is 1. The Bertz CT molecular complexity index is 301. The molecule has 1 aliphatic heterocycles. The molecule has 1 heterocycles. The van der Waals surface area contributed by atoms with E-state index in [-0.39, 0.29) is 18.4 Å². The third-order valence-electron chi connectivity index (χ3n) is 3.20. The molecule has 0 aromatic heterocycles. The van der Waals surface area contributed by atoms with Gasteiger partial charge in [0.05, 0.1) is 6.10 Å². The molecular weight excluding hydrogens is 212 g/mol. The molecule has 5 nitrogen and oxygen atoms in total. The van der Waals surface area contributed by atoms with Gasteiger partial charge in [-0.3, -0.25) is 0 Å². The van der Waals surface area contributed by atoms with Crippen molar-refractivity contribution in [2.24, 2.45) is 5.92 Å². The third-order valence-corrected chi connectivity index (χ3v) is 3.20. The molecule has 1 saturated heterocycles. The van der Waals surface area contributed by atoms with Crippen molar-refractivity contribution < 1.29 is 24.5 Å². The molecule has 2 N–H and O–H groups in total. The molecule has 1 rings (SSSR count). The predicted octanol–water partition coefficient (Wildman–Crippen LogP) is 0.776. The molecule has 0 radical (unpaired) electrons. The van der Waals surface area contributed by atoms with Crippen molar-refractivity contribution >= 4 is 5.97 Å². The van der Waals surface area contributed by atoms with E-state index in [4.69, 9.17) is 14.6 Å². The zero-order valence-corrected chi connectivity index (χ0v) is 9.77. The molecule has 1 unspecified atom stereocenters. The van der Waals surface area contributed by atoms with Gasteiger partial charge in [0, 0.05) is 19.4 Å². The van der Waals surface area contributed by atoms with Crippen LogP contribution in [0.2, 0.25) is 0 Å². The van der Waals surface area contributed by atoms with Gasteiger partial charge in [0.15, 0.2) is 0 Å².